The molecule has 6 heteroatoms. The molecule has 150 valence electrons. The Morgan fingerprint density at radius 1 is 1.10 bits per heavy atom. The maximum atomic E-state index is 12.9. The number of carbonyl (C=O) groups is 1. The number of rotatable bonds is 4. The molecule has 0 spiro atoms. The van der Waals surface area contributed by atoms with Crippen LogP contribution in [0.25, 0.3) is 11.0 Å². The maximum Gasteiger partial charge on any atom is 0.228 e. The Morgan fingerprint density at radius 3 is 2.72 bits per heavy atom. The lowest BCUT2D eigenvalue weighted by molar-refractivity contribution is -0.115. The molecule has 1 aliphatic heterocycles. The summed E-state index contributed by atoms with van der Waals surface area (Å²) in [7, 11) is 0. The smallest absolute Gasteiger partial charge is 0.228 e. The van der Waals surface area contributed by atoms with Gasteiger partial charge in [-0.3, -0.25) is 4.79 Å². The minimum absolute atomic E-state index is 0.0787. The molecule has 5 rings (SSSR count). The predicted molar refractivity (Wildman–Crippen MR) is 115 cm³/mol. The highest BCUT2D eigenvalue weighted by Gasteiger charge is 2.19. The number of ether oxygens (including phenoxy) is 1. The number of hydrogen-bond acceptors (Lipinski definition) is 4. The Bertz CT molecular complexity index is 1070. The van der Waals surface area contributed by atoms with Gasteiger partial charge in [0.05, 0.1) is 37.3 Å². The van der Waals surface area contributed by atoms with Crippen LogP contribution in [-0.4, -0.2) is 32.2 Å². The minimum atomic E-state index is -0.0787. The number of nitrogens with one attached hydrogen (secondary N) is 1. The highest BCUT2D eigenvalue weighted by Crippen LogP contribution is 2.32. The molecule has 0 bridgehead atoms. The number of amides is 1. The van der Waals surface area contributed by atoms with Gasteiger partial charge in [0.15, 0.2) is 0 Å². The predicted octanol–water partition coefficient (Wildman–Crippen LogP) is 4.59. The second-order valence-corrected chi connectivity index (χ2v) is 8.15. The Kier molecular flexibility index (Phi) is 4.94. The molecule has 2 aliphatic rings. The first kappa shape index (κ1) is 18.5. The van der Waals surface area contributed by atoms with E-state index in [-0.39, 0.29) is 12.3 Å². The van der Waals surface area contributed by atoms with E-state index in [0.29, 0.717) is 18.2 Å². The van der Waals surface area contributed by atoms with E-state index in [2.05, 4.69) is 22.3 Å². The molecule has 0 unspecified atom stereocenters. The van der Waals surface area contributed by atoms with Gasteiger partial charge in [-0.2, -0.15) is 0 Å². The summed E-state index contributed by atoms with van der Waals surface area (Å²) < 4.78 is 11.2. The summed E-state index contributed by atoms with van der Waals surface area (Å²) in [6, 6.07) is 9.95. The number of anilines is 2. The Morgan fingerprint density at radius 2 is 1.90 bits per heavy atom. The number of furan rings is 1. The van der Waals surface area contributed by atoms with Gasteiger partial charge in [-0.25, -0.2) is 0 Å². The van der Waals surface area contributed by atoms with E-state index in [0.717, 1.165) is 53.8 Å². The largest absolute Gasteiger partial charge is 0.464 e. The van der Waals surface area contributed by atoms with Crippen molar-refractivity contribution >= 4 is 39.9 Å². The van der Waals surface area contributed by atoms with Crippen molar-refractivity contribution in [3.63, 3.8) is 0 Å². The Hall–Kier alpha value is -2.50. The van der Waals surface area contributed by atoms with Crippen LogP contribution in [0.3, 0.4) is 0 Å². The first-order chi connectivity index (χ1) is 14.2. The van der Waals surface area contributed by atoms with E-state index in [9.17, 15) is 4.79 Å². The van der Waals surface area contributed by atoms with Crippen molar-refractivity contribution in [2.24, 2.45) is 0 Å². The summed E-state index contributed by atoms with van der Waals surface area (Å²) in [5, 5.41) is 4.70. The van der Waals surface area contributed by atoms with Crippen LogP contribution in [0.5, 0.6) is 0 Å². The number of hydrogen-bond donors (Lipinski definition) is 1. The molecule has 1 fully saturated rings. The quantitative estimate of drug-likeness (QED) is 0.683. The van der Waals surface area contributed by atoms with Gasteiger partial charge < -0.3 is 19.4 Å². The topological polar surface area (TPSA) is 54.7 Å². The van der Waals surface area contributed by atoms with Crippen molar-refractivity contribution in [3.8, 4) is 0 Å². The lowest BCUT2D eigenvalue weighted by atomic mass is 10.0. The minimum Gasteiger partial charge on any atom is -0.464 e. The van der Waals surface area contributed by atoms with Gasteiger partial charge in [-0.05, 0) is 60.7 Å². The van der Waals surface area contributed by atoms with E-state index in [1.807, 2.05) is 18.2 Å². The van der Waals surface area contributed by atoms with Gasteiger partial charge in [0.25, 0.3) is 0 Å². The monoisotopic (exact) mass is 410 g/mol. The zero-order valence-corrected chi connectivity index (χ0v) is 16.9. The second-order valence-electron chi connectivity index (χ2n) is 7.72. The van der Waals surface area contributed by atoms with Crippen LogP contribution < -0.4 is 10.2 Å². The van der Waals surface area contributed by atoms with Crippen LogP contribution in [0, 0.1) is 0 Å². The van der Waals surface area contributed by atoms with Crippen molar-refractivity contribution in [1.82, 2.24) is 0 Å². The summed E-state index contributed by atoms with van der Waals surface area (Å²) in [6.45, 7) is 2.95. The van der Waals surface area contributed by atoms with Crippen LogP contribution in [0.1, 0.15) is 23.1 Å². The third-order valence-corrected chi connectivity index (χ3v) is 6.04. The van der Waals surface area contributed by atoms with Gasteiger partial charge in [-0.1, -0.05) is 11.6 Å². The third-order valence-electron chi connectivity index (χ3n) is 5.80. The molecule has 1 saturated heterocycles. The van der Waals surface area contributed by atoms with E-state index >= 15 is 0 Å². The molecule has 0 radical (unpaired) electrons. The summed E-state index contributed by atoms with van der Waals surface area (Å²) in [6.07, 6.45) is 5.38. The fraction of sp³-hybridized carbons (Fsp3) is 0.348. The molecule has 1 aliphatic carbocycles. The molecule has 5 nitrogen and oxygen atoms in total. The highest BCUT2D eigenvalue weighted by molar-refractivity contribution is 6.31. The third kappa shape index (κ3) is 3.72. The first-order valence-electron chi connectivity index (χ1n) is 10.1. The molecule has 1 aromatic heterocycles. The molecule has 0 atom stereocenters. The molecule has 3 aromatic rings. The summed E-state index contributed by atoms with van der Waals surface area (Å²) in [4.78, 5) is 15.1. The first-order valence-corrected chi connectivity index (χ1v) is 10.5. The van der Waals surface area contributed by atoms with Crippen LogP contribution in [0.15, 0.2) is 41.0 Å². The molecular weight excluding hydrogens is 388 g/mol. The molecule has 1 N–H and O–H groups in total. The zero-order chi connectivity index (χ0) is 19.8. The van der Waals surface area contributed by atoms with Crippen LogP contribution in [-0.2, 0) is 28.8 Å². The Balaban J connectivity index is 1.37. The van der Waals surface area contributed by atoms with Crippen LogP contribution in [0.4, 0.5) is 11.4 Å². The van der Waals surface area contributed by atoms with Gasteiger partial charge in [0.2, 0.25) is 5.91 Å². The number of nitrogens with zero attached hydrogens (tertiary/aromatic N) is 1. The van der Waals surface area contributed by atoms with Crippen LogP contribution >= 0.6 is 11.6 Å². The molecule has 2 heterocycles. The SMILES string of the molecule is O=C(Cc1coc2cc3c(cc12)CCC3)Nc1cc(Cl)ccc1N1CCOCC1. The van der Waals surface area contributed by atoms with Crippen molar-refractivity contribution in [2.75, 3.05) is 36.5 Å². The number of fused-ring (bicyclic) bond motifs is 2. The summed E-state index contributed by atoms with van der Waals surface area (Å²) in [5.41, 5.74) is 6.24. The molecule has 29 heavy (non-hydrogen) atoms. The van der Waals surface area contributed by atoms with Crippen LogP contribution in [0.2, 0.25) is 5.02 Å². The lowest BCUT2D eigenvalue weighted by Gasteiger charge is -2.30. The maximum absolute atomic E-state index is 12.9. The van der Waals surface area contributed by atoms with E-state index in [4.69, 9.17) is 20.8 Å². The Labute approximate surface area is 174 Å². The number of morpholine rings is 1. The lowest BCUT2D eigenvalue weighted by Crippen LogP contribution is -2.36. The van der Waals surface area contributed by atoms with Crippen molar-refractivity contribution < 1.29 is 13.9 Å². The second kappa shape index (κ2) is 7.73. The number of halogens is 1. The highest BCUT2D eigenvalue weighted by atomic mass is 35.5. The van der Waals surface area contributed by atoms with Crippen molar-refractivity contribution in [1.29, 1.82) is 0 Å². The van der Waals surface area contributed by atoms with Crippen molar-refractivity contribution in [2.45, 2.75) is 25.7 Å². The zero-order valence-electron chi connectivity index (χ0n) is 16.2. The van der Waals surface area contributed by atoms with E-state index in [1.54, 1.807) is 6.26 Å². The standard InChI is InChI=1S/C23H23ClN2O3/c24-18-4-5-21(26-6-8-28-9-7-26)20(13-18)25-23(27)12-17-14-29-22-11-16-3-1-2-15(16)10-19(17)22/h4-5,10-11,13-14H,1-3,6-9,12H2,(H,25,27). The number of aryl methyl sites for hydroxylation is 2. The van der Waals surface area contributed by atoms with Gasteiger partial charge in [0, 0.05) is 29.1 Å². The van der Waals surface area contributed by atoms with Crippen molar-refractivity contribution in [3.05, 3.63) is 58.3 Å². The molecule has 1 amide bonds. The number of carbonyl (C=O) groups excluding carboxylic acids is 1. The molecular formula is C23H23ClN2O3. The van der Waals surface area contributed by atoms with E-state index in [1.165, 1.54) is 17.5 Å². The molecule has 0 saturated carbocycles. The summed E-state index contributed by atoms with van der Waals surface area (Å²) >= 11 is 6.20. The summed E-state index contributed by atoms with van der Waals surface area (Å²) in [5.74, 6) is -0.0787. The van der Waals surface area contributed by atoms with Gasteiger partial charge >= 0.3 is 0 Å². The number of benzene rings is 2. The fourth-order valence-corrected chi connectivity index (χ4v) is 4.51. The van der Waals surface area contributed by atoms with Gasteiger partial charge in [0.1, 0.15) is 5.58 Å². The fourth-order valence-electron chi connectivity index (χ4n) is 4.34. The normalized spacial score (nSPS) is 16.2. The average molecular weight is 411 g/mol. The van der Waals surface area contributed by atoms with E-state index < -0.39 is 0 Å². The average Bonchev–Trinajstić information content (AvgIpc) is 3.33. The van der Waals surface area contributed by atoms with Gasteiger partial charge in [-0.15, -0.1) is 0 Å². The molecule has 2 aromatic carbocycles.